The minimum Gasteiger partial charge on any atom is -0.357 e. The third kappa shape index (κ3) is 4.22. The van der Waals surface area contributed by atoms with Crippen LogP contribution in [0.4, 0.5) is 5.82 Å². The van der Waals surface area contributed by atoms with Gasteiger partial charge in [0.1, 0.15) is 5.82 Å². The summed E-state index contributed by atoms with van der Waals surface area (Å²) in [6, 6.07) is 13.0. The van der Waals surface area contributed by atoms with Gasteiger partial charge in [-0.3, -0.25) is 4.98 Å². The number of fused-ring (bicyclic) bond motifs is 3. The third-order valence-electron chi connectivity index (χ3n) is 7.17. The van der Waals surface area contributed by atoms with E-state index in [2.05, 4.69) is 63.9 Å². The molecule has 4 aromatic rings. The smallest absolute Gasteiger partial charge is 0.128 e. The number of aromatic amines is 1. The fraction of sp³-hybridized carbons (Fsp3) is 0.407. The first-order valence-electron chi connectivity index (χ1n) is 12.0. The van der Waals surface area contributed by atoms with Crippen molar-refractivity contribution in [2.75, 3.05) is 37.6 Å². The van der Waals surface area contributed by atoms with E-state index in [0.717, 1.165) is 54.5 Å². The maximum absolute atomic E-state index is 4.82. The van der Waals surface area contributed by atoms with Gasteiger partial charge in [-0.1, -0.05) is 26.0 Å². The first-order chi connectivity index (χ1) is 15.7. The molecule has 5 heteroatoms. The van der Waals surface area contributed by atoms with Crippen LogP contribution in [0.15, 0.2) is 55.0 Å². The van der Waals surface area contributed by atoms with Gasteiger partial charge in [0.05, 0.1) is 0 Å². The number of aromatic nitrogens is 3. The van der Waals surface area contributed by atoms with Crippen molar-refractivity contribution < 1.29 is 0 Å². The van der Waals surface area contributed by atoms with Crippen LogP contribution in [0.2, 0.25) is 0 Å². The van der Waals surface area contributed by atoms with E-state index in [1.807, 2.05) is 24.7 Å². The number of anilines is 1. The Hall–Kier alpha value is -2.92. The van der Waals surface area contributed by atoms with Gasteiger partial charge in [0.15, 0.2) is 0 Å². The monoisotopic (exact) mass is 427 g/mol. The molecular formula is C27H33N5. The molecule has 0 aliphatic carbocycles. The molecule has 32 heavy (non-hydrogen) atoms. The van der Waals surface area contributed by atoms with Gasteiger partial charge in [0.2, 0.25) is 0 Å². The normalized spacial score (nSPS) is 15.3. The van der Waals surface area contributed by atoms with Crippen LogP contribution in [-0.2, 0) is 0 Å². The lowest BCUT2D eigenvalue weighted by molar-refractivity contribution is 0.259. The highest BCUT2D eigenvalue weighted by Crippen LogP contribution is 2.30. The molecule has 0 amide bonds. The second kappa shape index (κ2) is 9.29. The molecule has 1 saturated heterocycles. The van der Waals surface area contributed by atoms with E-state index in [0.29, 0.717) is 0 Å². The molecule has 1 aliphatic rings. The van der Waals surface area contributed by atoms with Gasteiger partial charge in [-0.25, -0.2) is 4.98 Å². The van der Waals surface area contributed by atoms with Crippen molar-refractivity contribution in [1.82, 2.24) is 19.9 Å². The highest BCUT2D eigenvalue weighted by Gasteiger charge is 2.20. The number of nitrogens with one attached hydrogen (secondary N) is 1. The minimum atomic E-state index is 0.851. The summed E-state index contributed by atoms with van der Waals surface area (Å²) in [5.74, 6) is 1.96. The second-order valence-corrected chi connectivity index (χ2v) is 8.96. The van der Waals surface area contributed by atoms with Gasteiger partial charge < -0.3 is 14.8 Å². The molecule has 1 aromatic carbocycles. The molecule has 166 valence electrons. The standard InChI is InChI=1S/C27H33N5/c1-3-31(4-2)14-10-20-11-15-32(16-12-20)27-8-6-22(18-29-27)21-5-7-23-24-19-28-13-9-25(24)30-26(23)17-21/h5-9,13,17-20,30H,3-4,10-12,14-16H2,1-2H3. The minimum absolute atomic E-state index is 0.851. The van der Waals surface area contributed by atoms with Gasteiger partial charge >= 0.3 is 0 Å². The topological polar surface area (TPSA) is 48.0 Å². The zero-order chi connectivity index (χ0) is 21.9. The van der Waals surface area contributed by atoms with Crippen molar-refractivity contribution in [1.29, 1.82) is 0 Å². The number of piperidine rings is 1. The van der Waals surface area contributed by atoms with E-state index in [9.17, 15) is 0 Å². The van der Waals surface area contributed by atoms with Crippen molar-refractivity contribution in [3.05, 3.63) is 55.0 Å². The molecule has 0 spiro atoms. The predicted molar refractivity (Wildman–Crippen MR) is 134 cm³/mol. The Bertz CT molecular complexity index is 1170. The number of rotatable bonds is 7. The Morgan fingerprint density at radius 1 is 0.938 bits per heavy atom. The fourth-order valence-electron chi connectivity index (χ4n) is 5.02. The van der Waals surface area contributed by atoms with E-state index in [4.69, 9.17) is 4.98 Å². The van der Waals surface area contributed by atoms with Crippen LogP contribution in [0.1, 0.15) is 33.1 Å². The lowest BCUT2D eigenvalue weighted by Gasteiger charge is -2.33. The van der Waals surface area contributed by atoms with Crippen LogP contribution in [0, 0.1) is 5.92 Å². The summed E-state index contributed by atoms with van der Waals surface area (Å²) in [6.07, 6.45) is 9.65. The fourth-order valence-corrected chi connectivity index (χ4v) is 5.02. The lowest BCUT2D eigenvalue weighted by Crippen LogP contribution is -2.35. The van der Waals surface area contributed by atoms with E-state index in [-0.39, 0.29) is 0 Å². The number of pyridine rings is 2. The molecule has 3 aromatic heterocycles. The van der Waals surface area contributed by atoms with Gasteiger partial charge in [-0.05, 0) is 74.6 Å². The number of benzene rings is 1. The van der Waals surface area contributed by atoms with E-state index >= 15 is 0 Å². The van der Waals surface area contributed by atoms with Crippen molar-refractivity contribution in [2.45, 2.75) is 33.1 Å². The van der Waals surface area contributed by atoms with E-state index in [1.54, 1.807) is 0 Å². The first-order valence-corrected chi connectivity index (χ1v) is 12.0. The van der Waals surface area contributed by atoms with Crippen LogP contribution in [0.5, 0.6) is 0 Å². The molecule has 0 saturated carbocycles. The Labute approximate surface area is 190 Å². The summed E-state index contributed by atoms with van der Waals surface area (Å²) in [5, 5.41) is 2.38. The highest BCUT2D eigenvalue weighted by molar-refractivity contribution is 6.07. The Morgan fingerprint density at radius 2 is 1.75 bits per heavy atom. The third-order valence-corrected chi connectivity index (χ3v) is 7.17. The average molecular weight is 428 g/mol. The molecule has 0 atom stereocenters. The predicted octanol–water partition coefficient (Wildman–Crippen LogP) is 5.73. The zero-order valence-corrected chi connectivity index (χ0v) is 19.2. The van der Waals surface area contributed by atoms with Crippen LogP contribution in [0.25, 0.3) is 32.9 Å². The van der Waals surface area contributed by atoms with Crippen LogP contribution in [-0.4, -0.2) is 52.6 Å². The van der Waals surface area contributed by atoms with E-state index in [1.165, 1.54) is 42.1 Å². The van der Waals surface area contributed by atoms with Gasteiger partial charge in [0.25, 0.3) is 0 Å². The zero-order valence-electron chi connectivity index (χ0n) is 19.2. The first kappa shape index (κ1) is 21.0. The largest absolute Gasteiger partial charge is 0.357 e. The number of hydrogen-bond donors (Lipinski definition) is 1. The summed E-state index contributed by atoms with van der Waals surface area (Å²) in [5.41, 5.74) is 4.61. The van der Waals surface area contributed by atoms with E-state index < -0.39 is 0 Å². The van der Waals surface area contributed by atoms with Crippen molar-refractivity contribution in [3.8, 4) is 11.1 Å². The Kier molecular flexibility index (Phi) is 6.08. The molecule has 1 aliphatic heterocycles. The Balaban J connectivity index is 1.24. The molecule has 0 unspecified atom stereocenters. The van der Waals surface area contributed by atoms with Crippen molar-refractivity contribution in [2.24, 2.45) is 5.92 Å². The van der Waals surface area contributed by atoms with Gasteiger partial charge in [-0.15, -0.1) is 0 Å². The summed E-state index contributed by atoms with van der Waals surface area (Å²) in [6.45, 7) is 10.3. The molecule has 4 heterocycles. The molecule has 1 fully saturated rings. The molecule has 0 bridgehead atoms. The van der Waals surface area contributed by atoms with Gasteiger partial charge in [0, 0.05) is 59.0 Å². The summed E-state index contributed by atoms with van der Waals surface area (Å²) in [4.78, 5) is 17.6. The maximum atomic E-state index is 4.82. The quantitative estimate of drug-likeness (QED) is 0.409. The van der Waals surface area contributed by atoms with Crippen molar-refractivity contribution >= 4 is 27.6 Å². The van der Waals surface area contributed by atoms with Crippen molar-refractivity contribution in [3.63, 3.8) is 0 Å². The number of H-pyrrole nitrogens is 1. The second-order valence-electron chi connectivity index (χ2n) is 8.96. The summed E-state index contributed by atoms with van der Waals surface area (Å²) in [7, 11) is 0. The Morgan fingerprint density at radius 3 is 2.50 bits per heavy atom. The molecule has 5 rings (SSSR count). The molecule has 1 N–H and O–H groups in total. The number of hydrogen-bond acceptors (Lipinski definition) is 4. The molecular weight excluding hydrogens is 394 g/mol. The van der Waals surface area contributed by atoms with Crippen LogP contribution >= 0.6 is 0 Å². The van der Waals surface area contributed by atoms with Gasteiger partial charge in [-0.2, -0.15) is 0 Å². The molecule has 0 radical (unpaired) electrons. The maximum Gasteiger partial charge on any atom is 0.128 e. The summed E-state index contributed by atoms with van der Waals surface area (Å²) >= 11 is 0. The summed E-state index contributed by atoms with van der Waals surface area (Å²) < 4.78 is 0. The lowest BCUT2D eigenvalue weighted by atomic mass is 9.93. The SMILES string of the molecule is CCN(CC)CCC1CCN(c2ccc(-c3ccc4c(c3)[nH]c3ccncc34)cn2)CC1. The number of nitrogens with zero attached hydrogens (tertiary/aromatic N) is 4. The van der Waals surface area contributed by atoms with Crippen LogP contribution in [0.3, 0.4) is 0 Å². The molecule has 5 nitrogen and oxygen atoms in total. The average Bonchev–Trinajstić information content (AvgIpc) is 3.23. The van der Waals surface area contributed by atoms with Crippen LogP contribution < -0.4 is 4.90 Å². The highest BCUT2D eigenvalue weighted by atomic mass is 15.2.